The number of carbonyl (C=O) groups excluding carboxylic acids is 1. The summed E-state index contributed by atoms with van der Waals surface area (Å²) in [6, 6.07) is 10.6. The second-order valence-electron chi connectivity index (χ2n) is 6.40. The maximum Gasteiger partial charge on any atom is 0.258 e. The average Bonchev–Trinajstić information content (AvgIpc) is 3.17. The van der Waals surface area contributed by atoms with Crippen LogP contribution in [0.1, 0.15) is 28.8 Å². The third-order valence-electron chi connectivity index (χ3n) is 4.21. The minimum atomic E-state index is -1.08. The predicted octanol–water partition coefficient (Wildman–Crippen LogP) is 3.65. The number of halogens is 2. The van der Waals surface area contributed by atoms with E-state index in [2.05, 4.69) is 15.6 Å². The van der Waals surface area contributed by atoms with Gasteiger partial charge >= 0.3 is 0 Å². The lowest BCUT2D eigenvalue weighted by Gasteiger charge is -2.13. The van der Waals surface area contributed by atoms with E-state index in [0.29, 0.717) is 13.2 Å². The maximum atomic E-state index is 13.4. The van der Waals surface area contributed by atoms with Crippen LogP contribution in [0.25, 0.3) is 0 Å². The van der Waals surface area contributed by atoms with Crippen LogP contribution >= 0.6 is 0 Å². The number of nitrogens with one attached hydrogen (secondary N) is 2. The van der Waals surface area contributed by atoms with Crippen molar-refractivity contribution in [3.8, 4) is 0 Å². The van der Waals surface area contributed by atoms with Gasteiger partial charge < -0.3 is 10.1 Å². The Kier molecular flexibility index (Phi) is 6.13. The fourth-order valence-electron chi connectivity index (χ4n) is 2.68. The van der Waals surface area contributed by atoms with Crippen LogP contribution in [0.3, 0.4) is 0 Å². The molecule has 0 saturated carbocycles. The molecular formula is C20H21F2N3O2. The van der Waals surface area contributed by atoms with Gasteiger partial charge in [0.05, 0.1) is 12.6 Å². The fourth-order valence-corrected chi connectivity index (χ4v) is 2.68. The van der Waals surface area contributed by atoms with Gasteiger partial charge in [-0.2, -0.15) is 0 Å². The summed E-state index contributed by atoms with van der Waals surface area (Å²) < 4.78 is 32.0. The molecular weight excluding hydrogens is 352 g/mol. The summed E-state index contributed by atoms with van der Waals surface area (Å²) in [5.41, 5.74) is 1.85. The van der Waals surface area contributed by atoms with E-state index >= 15 is 0 Å². The number of rotatable bonds is 4. The van der Waals surface area contributed by atoms with Crippen LogP contribution in [-0.4, -0.2) is 31.1 Å². The lowest BCUT2D eigenvalue weighted by atomic mass is 10.2. The Labute approximate surface area is 156 Å². The first-order valence-corrected chi connectivity index (χ1v) is 8.77. The summed E-state index contributed by atoms with van der Waals surface area (Å²) in [5.74, 6) is -2.44. The van der Waals surface area contributed by atoms with Crippen molar-refractivity contribution >= 4 is 17.6 Å². The molecule has 1 atom stereocenters. The summed E-state index contributed by atoms with van der Waals surface area (Å²) in [5, 5.41) is 5.67. The molecule has 27 heavy (non-hydrogen) atoms. The Balaban J connectivity index is 1.75. The molecule has 0 spiro atoms. The molecule has 142 valence electrons. The van der Waals surface area contributed by atoms with Gasteiger partial charge in [0, 0.05) is 17.9 Å². The Hall–Kier alpha value is -2.80. The van der Waals surface area contributed by atoms with Gasteiger partial charge in [-0.3, -0.25) is 10.1 Å². The molecule has 1 amide bonds. The highest BCUT2D eigenvalue weighted by molar-refractivity contribution is 6.09. The lowest BCUT2D eigenvalue weighted by Crippen LogP contribution is -2.36. The van der Waals surface area contributed by atoms with Crippen molar-refractivity contribution in [3.05, 3.63) is 65.2 Å². The summed E-state index contributed by atoms with van der Waals surface area (Å²) >= 11 is 0. The summed E-state index contributed by atoms with van der Waals surface area (Å²) in [4.78, 5) is 16.8. The molecule has 0 aliphatic carbocycles. The van der Waals surface area contributed by atoms with E-state index in [1.165, 1.54) is 6.07 Å². The van der Waals surface area contributed by atoms with Crippen molar-refractivity contribution in [2.24, 2.45) is 4.99 Å². The molecule has 5 nitrogen and oxygen atoms in total. The SMILES string of the molecule is Cc1ccc(NC(=NC[C@H]2CCCO2)NC(=O)c2ccc(F)c(F)c2)cc1. The molecule has 0 unspecified atom stereocenters. The van der Waals surface area contributed by atoms with Crippen LogP contribution in [0, 0.1) is 18.6 Å². The molecule has 2 aromatic carbocycles. The van der Waals surface area contributed by atoms with Crippen LogP contribution in [0.2, 0.25) is 0 Å². The van der Waals surface area contributed by atoms with Crippen LogP contribution in [0.5, 0.6) is 0 Å². The number of guanidine groups is 1. The standard InChI is InChI=1S/C20H21F2N3O2/c1-13-4-7-15(8-5-13)24-20(23-12-16-3-2-10-27-16)25-19(26)14-6-9-17(21)18(22)11-14/h4-9,11,16H,2-3,10,12H2,1H3,(H2,23,24,25,26)/t16-/m1/s1. The molecule has 2 aromatic rings. The molecule has 0 radical (unpaired) electrons. The summed E-state index contributed by atoms with van der Waals surface area (Å²) in [7, 11) is 0. The quantitative estimate of drug-likeness (QED) is 0.635. The van der Waals surface area contributed by atoms with Crippen LogP contribution in [-0.2, 0) is 4.74 Å². The van der Waals surface area contributed by atoms with Gasteiger partial charge in [0.15, 0.2) is 11.6 Å². The van der Waals surface area contributed by atoms with Gasteiger partial charge in [-0.25, -0.2) is 13.8 Å². The fraction of sp³-hybridized carbons (Fsp3) is 0.300. The number of ether oxygens (including phenoxy) is 1. The van der Waals surface area contributed by atoms with E-state index in [1.54, 1.807) is 0 Å². The van der Waals surface area contributed by atoms with Crippen LogP contribution in [0.15, 0.2) is 47.5 Å². The third kappa shape index (κ3) is 5.34. The van der Waals surface area contributed by atoms with Crippen LogP contribution in [0.4, 0.5) is 14.5 Å². The van der Waals surface area contributed by atoms with E-state index in [-0.39, 0.29) is 17.6 Å². The van der Waals surface area contributed by atoms with Crippen molar-refractivity contribution in [1.82, 2.24) is 5.32 Å². The Bertz CT molecular complexity index is 832. The molecule has 3 rings (SSSR count). The second kappa shape index (κ2) is 8.73. The molecule has 2 N–H and O–H groups in total. The third-order valence-corrected chi connectivity index (χ3v) is 4.21. The van der Waals surface area contributed by atoms with E-state index in [9.17, 15) is 13.6 Å². The highest BCUT2D eigenvalue weighted by atomic mass is 19.2. The first-order valence-electron chi connectivity index (χ1n) is 8.77. The Morgan fingerprint density at radius 2 is 1.96 bits per heavy atom. The molecule has 1 saturated heterocycles. The zero-order chi connectivity index (χ0) is 19.2. The maximum absolute atomic E-state index is 13.4. The van der Waals surface area contributed by atoms with E-state index < -0.39 is 17.5 Å². The molecule has 1 heterocycles. The van der Waals surface area contributed by atoms with Crippen molar-refractivity contribution in [3.63, 3.8) is 0 Å². The summed E-state index contributed by atoms with van der Waals surface area (Å²) in [6.45, 7) is 3.08. The topological polar surface area (TPSA) is 62.7 Å². The van der Waals surface area contributed by atoms with Crippen molar-refractivity contribution in [1.29, 1.82) is 0 Å². The molecule has 1 aliphatic heterocycles. The first-order chi connectivity index (χ1) is 13.0. The number of amides is 1. The van der Waals surface area contributed by atoms with Crippen molar-refractivity contribution < 1.29 is 18.3 Å². The zero-order valence-electron chi connectivity index (χ0n) is 15.0. The summed E-state index contributed by atoms with van der Waals surface area (Å²) in [6.07, 6.45) is 1.92. The van der Waals surface area contributed by atoms with E-state index in [4.69, 9.17) is 4.74 Å². The highest BCUT2D eigenvalue weighted by Gasteiger charge is 2.16. The van der Waals surface area contributed by atoms with E-state index in [1.807, 2.05) is 31.2 Å². The molecule has 1 fully saturated rings. The Morgan fingerprint density at radius 3 is 2.63 bits per heavy atom. The van der Waals surface area contributed by atoms with E-state index in [0.717, 1.165) is 36.2 Å². The largest absolute Gasteiger partial charge is 0.376 e. The number of carbonyl (C=O) groups is 1. The monoisotopic (exact) mass is 373 g/mol. The number of nitrogens with zero attached hydrogens (tertiary/aromatic N) is 1. The Morgan fingerprint density at radius 1 is 1.19 bits per heavy atom. The number of anilines is 1. The smallest absolute Gasteiger partial charge is 0.258 e. The van der Waals surface area contributed by atoms with Gasteiger partial charge in [0.25, 0.3) is 5.91 Å². The molecule has 0 bridgehead atoms. The van der Waals surface area contributed by atoms with Crippen molar-refractivity contribution in [2.45, 2.75) is 25.9 Å². The second-order valence-corrected chi connectivity index (χ2v) is 6.40. The molecule has 7 heteroatoms. The van der Waals surface area contributed by atoms with Gasteiger partial charge in [0.1, 0.15) is 0 Å². The highest BCUT2D eigenvalue weighted by Crippen LogP contribution is 2.13. The lowest BCUT2D eigenvalue weighted by molar-refractivity contribution is 0.0975. The van der Waals surface area contributed by atoms with Gasteiger partial charge in [-0.15, -0.1) is 0 Å². The van der Waals surface area contributed by atoms with Gasteiger partial charge in [0.2, 0.25) is 5.96 Å². The minimum Gasteiger partial charge on any atom is -0.376 e. The zero-order valence-corrected chi connectivity index (χ0v) is 15.0. The number of hydrogen-bond acceptors (Lipinski definition) is 3. The number of benzene rings is 2. The number of aryl methyl sites for hydroxylation is 1. The normalized spacial score (nSPS) is 17.0. The van der Waals surface area contributed by atoms with Crippen LogP contribution < -0.4 is 10.6 Å². The van der Waals surface area contributed by atoms with Crippen molar-refractivity contribution in [2.75, 3.05) is 18.5 Å². The van der Waals surface area contributed by atoms with Gasteiger partial charge in [-0.1, -0.05) is 17.7 Å². The average molecular weight is 373 g/mol. The first kappa shape index (κ1) is 19.0. The van der Waals surface area contributed by atoms with Gasteiger partial charge in [-0.05, 0) is 50.1 Å². The number of aliphatic imine (C=N–C) groups is 1. The predicted molar refractivity (Wildman–Crippen MR) is 99.9 cm³/mol. The number of hydrogen-bond donors (Lipinski definition) is 2. The molecule has 0 aromatic heterocycles. The molecule has 1 aliphatic rings. The minimum absolute atomic E-state index is 0.00409.